The Morgan fingerprint density at radius 3 is 2.55 bits per heavy atom. The molecule has 0 aromatic heterocycles. The highest BCUT2D eigenvalue weighted by Gasteiger charge is 2.45. The van der Waals surface area contributed by atoms with Crippen molar-refractivity contribution in [2.75, 3.05) is 19.7 Å². The summed E-state index contributed by atoms with van der Waals surface area (Å²) in [5.74, 6) is 0.602. The lowest BCUT2D eigenvalue weighted by molar-refractivity contribution is -0.190. The largest absolute Gasteiger partial charge is 0.489 e. The first kappa shape index (κ1) is 24.1. The zero-order valence-electron chi connectivity index (χ0n) is 19.8. The third-order valence-corrected chi connectivity index (χ3v) is 6.84. The van der Waals surface area contributed by atoms with Gasteiger partial charge in [0, 0.05) is 38.1 Å². The minimum atomic E-state index is -0.262. The molecule has 1 spiro atoms. The maximum Gasteiger partial charge on any atom is 0.253 e. The van der Waals surface area contributed by atoms with Gasteiger partial charge in [0.2, 0.25) is 0 Å². The number of benzene rings is 2. The number of amides is 1. The molecule has 2 aliphatic rings. The predicted molar refractivity (Wildman–Crippen MR) is 130 cm³/mol. The number of rotatable bonds is 6. The van der Waals surface area contributed by atoms with Gasteiger partial charge >= 0.3 is 0 Å². The molecular weight excluding hydrogens is 438 g/mol. The van der Waals surface area contributed by atoms with E-state index in [0.29, 0.717) is 36.0 Å². The molecule has 0 N–H and O–H groups in total. The van der Waals surface area contributed by atoms with Gasteiger partial charge in [-0.25, -0.2) is 0 Å². The summed E-state index contributed by atoms with van der Waals surface area (Å²) in [6.45, 7) is 7.95. The molecule has 2 aliphatic heterocycles. The molecular formula is C27H34ClNO4. The molecule has 0 saturated carbocycles. The highest BCUT2D eigenvalue weighted by Crippen LogP contribution is 2.44. The molecule has 1 amide bonds. The van der Waals surface area contributed by atoms with Crippen LogP contribution >= 0.6 is 11.6 Å². The number of likely N-dealkylation sites (tertiary alicyclic amines) is 1. The molecule has 2 unspecified atom stereocenters. The summed E-state index contributed by atoms with van der Waals surface area (Å²) in [4.78, 5) is 15.1. The average Bonchev–Trinajstić information content (AvgIpc) is 2.81. The van der Waals surface area contributed by atoms with E-state index in [1.165, 1.54) is 5.56 Å². The van der Waals surface area contributed by atoms with Crippen molar-refractivity contribution in [1.82, 2.24) is 4.90 Å². The molecule has 2 saturated heterocycles. The normalized spacial score (nSPS) is 22.5. The van der Waals surface area contributed by atoms with Crippen LogP contribution in [0.5, 0.6) is 5.75 Å². The van der Waals surface area contributed by atoms with Crippen molar-refractivity contribution in [2.24, 2.45) is 0 Å². The highest BCUT2D eigenvalue weighted by atomic mass is 35.5. The molecule has 4 rings (SSSR count). The fraction of sp³-hybridized carbons (Fsp3) is 0.519. The van der Waals surface area contributed by atoms with E-state index in [-0.39, 0.29) is 29.8 Å². The average molecular weight is 472 g/mol. The summed E-state index contributed by atoms with van der Waals surface area (Å²) >= 11 is 6.36. The van der Waals surface area contributed by atoms with E-state index >= 15 is 0 Å². The molecule has 178 valence electrons. The first-order valence-corrected chi connectivity index (χ1v) is 12.4. The fourth-order valence-corrected chi connectivity index (χ4v) is 5.20. The van der Waals surface area contributed by atoms with Gasteiger partial charge < -0.3 is 19.1 Å². The molecule has 2 atom stereocenters. The molecule has 33 heavy (non-hydrogen) atoms. The molecule has 6 heteroatoms. The molecule has 2 fully saturated rings. The van der Waals surface area contributed by atoms with Gasteiger partial charge in [0.1, 0.15) is 5.75 Å². The van der Waals surface area contributed by atoms with Crippen molar-refractivity contribution in [3.8, 4) is 5.75 Å². The lowest BCUT2D eigenvalue weighted by Crippen LogP contribution is -2.52. The maximum atomic E-state index is 13.2. The van der Waals surface area contributed by atoms with Crippen molar-refractivity contribution in [2.45, 2.75) is 70.4 Å². The van der Waals surface area contributed by atoms with Gasteiger partial charge in [-0.2, -0.15) is 0 Å². The zero-order chi connectivity index (χ0) is 23.4. The zero-order valence-corrected chi connectivity index (χ0v) is 20.5. The van der Waals surface area contributed by atoms with Crippen LogP contribution in [-0.4, -0.2) is 48.3 Å². The molecule has 2 aromatic rings. The Hall–Kier alpha value is -2.08. The van der Waals surface area contributed by atoms with Crippen LogP contribution in [0, 0.1) is 0 Å². The number of piperidine rings is 1. The van der Waals surface area contributed by atoms with Gasteiger partial charge in [-0.1, -0.05) is 41.9 Å². The first-order valence-electron chi connectivity index (χ1n) is 12.0. The molecule has 0 radical (unpaired) electrons. The van der Waals surface area contributed by atoms with E-state index in [4.69, 9.17) is 25.8 Å². The third kappa shape index (κ3) is 5.71. The monoisotopic (exact) mass is 471 g/mol. The van der Waals surface area contributed by atoms with Crippen molar-refractivity contribution in [3.63, 3.8) is 0 Å². The second-order valence-corrected chi connectivity index (χ2v) is 9.73. The summed E-state index contributed by atoms with van der Waals surface area (Å²) in [5, 5.41) is 0.462. The third-order valence-electron chi connectivity index (χ3n) is 6.55. The summed E-state index contributed by atoms with van der Waals surface area (Å²) in [7, 11) is 0. The highest BCUT2D eigenvalue weighted by molar-refractivity contribution is 6.32. The van der Waals surface area contributed by atoms with Crippen LogP contribution in [0.2, 0.25) is 5.02 Å². The number of ether oxygens (including phenoxy) is 3. The van der Waals surface area contributed by atoms with Crippen LogP contribution in [0.4, 0.5) is 0 Å². The summed E-state index contributed by atoms with van der Waals surface area (Å²) in [6.07, 6.45) is 3.56. The van der Waals surface area contributed by atoms with Crippen LogP contribution in [0.15, 0.2) is 48.5 Å². The van der Waals surface area contributed by atoms with Crippen molar-refractivity contribution < 1.29 is 19.0 Å². The van der Waals surface area contributed by atoms with E-state index in [9.17, 15) is 4.79 Å². The Bertz CT molecular complexity index is 940. The van der Waals surface area contributed by atoms with E-state index in [0.717, 1.165) is 25.7 Å². The number of hydrogen-bond donors (Lipinski definition) is 0. The molecule has 0 bridgehead atoms. The summed E-state index contributed by atoms with van der Waals surface area (Å²) in [6, 6.07) is 15.7. The summed E-state index contributed by atoms with van der Waals surface area (Å²) in [5.41, 5.74) is 1.52. The quantitative estimate of drug-likeness (QED) is 0.513. The fourth-order valence-electron chi connectivity index (χ4n) is 4.97. The smallest absolute Gasteiger partial charge is 0.253 e. The van der Waals surface area contributed by atoms with Crippen molar-refractivity contribution in [3.05, 3.63) is 64.7 Å². The number of carbonyl (C=O) groups excluding carboxylic acids is 1. The van der Waals surface area contributed by atoms with E-state index in [1.807, 2.05) is 31.7 Å². The second-order valence-electron chi connectivity index (χ2n) is 9.32. The van der Waals surface area contributed by atoms with Crippen LogP contribution in [-0.2, 0) is 9.47 Å². The maximum absolute atomic E-state index is 13.2. The lowest BCUT2D eigenvalue weighted by atomic mass is 9.80. The predicted octanol–water partition coefficient (Wildman–Crippen LogP) is 6.06. The molecule has 2 aromatic carbocycles. The van der Waals surface area contributed by atoms with Gasteiger partial charge in [-0.05, 0) is 57.4 Å². The Morgan fingerprint density at radius 1 is 1.18 bits per heavy atom. The molecule has 2 heterocycles. The number of carbonyl (C=O) groups is 1. The SMILES string of the molecule is CCOC1CC(c2ccccc2)OC2(CCN(C(=O)c3ccc(OC(C)C)c(Cl)c3)CC2)C1. The van der Waals surface area contributed by atoms with Crippen LogP contribution < -0.4 is 4.74 Å². The standard InChI is InChI=1S/C27H34ClNO4/c1-4-31-22-17-25(20-8-6-5-7-9-20)33-27(18-22)12-14-29(15-13-27)26(30)21-10-11-24(23(28)16-21)32-19(2)3/h5-11,16,19,22,25H,4,12-15,17-18H2,1-3H3. The Balaban J connectivity index is 1.44. The van der Waals surface area contributed by atoms with Gasteiger partial charge in [-0.3, -0.25) is 4.79 Å². The number of nitrogens with zero attached hydrogens (tertiary/aromatic N) is 1. The lowest BCUT2D eigenvalue weighted by Gasteiger charge is -2.48. The Kier molecular flexibility index (Phi) is 7.62. The van der Waals surface area contributed by atoms with E-state index < -0.39 is 0 Å². The van der Waals surface area contributed by atoms with E-state index in [2.05, 4.69) is 24.3 Å². The number of halogens is 1. The van der Waals surface area contributed by atoms with Crippen molar-refractivity contribution in [1.29, 1.82) is 0 Å². The van der Waals surface area contributed by atoms with Crippen molar-refractivity contribution >= 4 is 17.5 Å². The van der Waals surface area contributed by atoms with Crippen LogP contribution in [0.25, 0.3) is 0 Å². The minimum Gasteiger partial charge on any atom is -0.489 e. The van der Waals surface area contributed by atoms with Crippen LogP contribution in [0.1, 0.15) is 68.5 Å². The Morgan fingerprint density at radius 2 is 1.91 bits per heavy atom. The van der Waals surface area contributed by atoms with Crippen LogP contribution in [0.3, 0.4) is 0 Å². The van der Waals surface area contributed by atoms with Gasteiger partial charge in [0.05, 0.1) is 28.9 Å². The van der Waals surface area contributed by atoms with Gasteiger partial charge in [0.15, 0.2) is 0 Å². The molecule has 5 nitrogen and oxygen atoms in total. The van der Waals surface area contributed by atoms with Gasteiger partial charge in [-0.15, -0.1) is 0 Å². The topological polar surface area (TPSA) is 48.0 Å². The first-order chi connectivity index (χ1) is 15.9. The minimum absolute atomic E-state index is 0.000348. The Labute approximate surface area is 202 Å². The second kappa shape index (κ2) is 10.5. The van der Waals surface area contributed by atoms with Gasteiger partial charge in [0.25, 0.3) is 5.91 Å². The molecule has 0 aliphatic carbocycles. The van der Waals surface area contributed by atoms with E-state index in [1.54, 1.807) is 18.2 Å². The number of hydrogen-bond acceptors (Lipinski definition) is 4. The summed E-state index contributed by atoms with van der Waals surface area (Å²) < 4.78 is 18.5.